The van der Waals surface area contributed by atoms with Crippen LogP contribution in [0.2, 0.25) is 0 Å². The molecule has 1 fully saturated rings. The summed E-state index contributed by atoms with van der Waals surface area (Å²) in [6.07, 6.45) is -2.35. The van der Waals surface area contributed by atoms with Gasteiger partial charge in [0.25, 0.3) is 5.91 Å². The zero-order valence-electron chi connectivity index (χ0n) is 18.5. The molecule has 1 aliphatic heterocycles. The van der Waals surface area contributed by atoms with Crippen molar-refractivity contribution in [2.75, 3.05) is 19.0 Å². The SMILES string of the molecule is CO[C@H]1CO[C@H](c2c(NC(=O)c3csc(-c4ccccc4C(F)(F)F)n3)cnn2C)CC[C@H]1N. The number of halogens is 3. The third-order valence-electron chi connectivity index (χ3n) is 5.74. The highest BCUT2D eigenvalue weighted by Crippen LogP contribution is 2.38. The van der Waals surface area contributed by atoms with Crippen molar-refractivity contribution < 1.29 is 27.4 Å². The van der Waals surface area contributed by atoms with E-state index in [1.807, 2.05) is 0 Å². The number of nitrogens with zero attached hydrogens (tertiary/aromatic N) is 3. The first-order valence-electron chi connectivity index (χ1n) is 10.5. The molecule has 4 rings (SSSR count). The van der Waals surface area contributed by atoms with Crippen LogP contribution in [-0.4, -0.2) is 46.5 Å². The summed E-state index contributed by atoms with van der Waals surface area (Å²) >= 11 is 0.970. The van der Waals surface area contributed by atoms with Gasteiger partial charge in [0.15, 0.2) is 0 Å². The molecule has 3 N–H and O–H groups in total. The Morgan fingerprint density at radius 2 is 2.09 bits per heavy atom. The molecule has 3 heterocycles. The smallest absolute Gasteiger partial charge is 0.377 e. The average molecular weight is 496 g/mol. The molecule has 182 valence electrons. The molecular weight excluding hydrogens is 471 g/mol. The fraction of sp³-hybridized carbons (Fsp3) is 0.409. The molecule has 1 aliphatic rings. The Morgan fingerprint density at radius 1 is 1.32 bits per heavy atom. The normalized spacial score (nSPS) is 21.3. The van der Waals surface area contributed by atoms with Crippen molar-refractivity contribution in [2.45, 2.75) is 37.3 Å². The van der Waals surface area contributed by atoms with Gasteiger partial charge in [-0.1, -0.05) is 18.2 Å². The van der Waals surface area contributed by atoms with Gasteiger partial charge < -0.3 is 20.5 Å². The van der Waals surface area contributed by atoms with Gasteiger partial charge in [0, 0.05) is 31.1 Å². The zero-order chi connectivity index (χ0) is 24.5. The second kappa shape index (κ2) is 9.82. The van der Waals surface area contributed by atoms with Gasteiger partial charge in [-0.05, 0) is 18.9 Å². The molecule has 0 bridgehead atoms. The summed E-state index contributed by atoms with van der Waals surface area (Å²) in [6.45, 7) is 0.301. The van der Waals surface area contributed by atoms with E-state index in [2.05, 4.69) is 15.4 Å². The van der Waals surface area contributed by atoms with Crippen molar-refractivity contribution in [3.05, 3.63) is 52.8 Å². The molecule has 0 unspecified atom stereocenters. The number of thiazole rings is 1. The average Bonchev–Trinajstić information content (AvgIpc) is 3.38. The van der Waals surface area contributed by atoms with E-state index in [0.717, 1.165) is 17.4 Å². The quantitative estimate of drug-likeness (QED) is 0.554. The van der Waals surface area contributed by atoms with Crippen molar-refractivity contribution in [2.24, 2.45) is 12.8 Å². The zero-order valence-corrected chi connectivity index (χ0v) is 19.3. The molecule has 12 heteroatoms. The van der Waals surface area contributed by atoms with Gasteiger partial charge in [0.05, 0.1) is 35.9 Å². The molecule has 3 aromatic rings. The Bertz CT molecular complexity index is 1160. The molecule has 1 saturated heterocycles. The minimum absolute atomic E-state index is 0.00929. The van der Waals surface area contributed by atoms with E-state index in [4.69, 9.17) is 15.2 Å². The predicted octanol–water partition coefficient (Wildman–Crippen LogP) is 4.01. The van der Waals surface area contributed by atoms with E-state index in [9.17, 15) is 18.0 Å². The van der Waals surface area contributed by atoms with Crippen LogP contribution in [0.1, 0.15) is 40.7 Å². The van der Waals surface area contributed by atoms with Crippen LogP contribution in [-0.2, 0) is 22.7 Å². The van der Waals surface area contributed by atoms with Crippen LogP contribution >= 0.6 is 11.3 Å². The first kappa shape index (κ1) is 24.3. The monoisotopic (exact) mass is 495 g/mol. The third-order valence-corrected chi connectivity index (χ3v) is 6.62. The summed E-state index contributed by atoms with van der Waals surface area (Å²) < 4.78 is 53.1. The molecule has 3 atom stereocenters. The minimum Gasteiger partial charge on any atom is -0.377 e. The molecule has 0 saturated carbocycles. The Kier molecular flexibility index (Phi) is 7.03. The number of alkyl halides is 3. The standard InChI is InChI=1S/C22H24F3N5O3S/c1-30-19(17-8-7-14(26)18(32-2)10-33-17)15(9-27-30)28-20(31)16-11-34-21(29-16)12-5-3-4-6-13(12)22(23,24)25/h3-6,9,11,14,17-18H,7-8,10,26H2,1-2H3,(H,28,31)/t14-,17+,18+/m1/s1. The summed E-state index contributed by atoms with van der Waals surface area (Å²) in [5.41, 5.74) is 6.39. The number of aromatic nitrogens is 3. The van der Waals surface area contributed by atoms with Crippen molar-refractivity contribution in [1.29, 1.82) is 0 Å². The number of carbonyl (C=O) groups excluding carboxylic acids is 1. The summed E-state index contributed by atoms with van der Waals surface area (Å²) in [4.78, 5) is 17.1. The molecule has 0 aliphatic carbocycles. The van der Waals surface area contributed by atoms with Gasteiger partial charge in [-0.3, -0.25) is 9.48 Å². The van der Waals surface area contributed by atoms with E-state index in [1.165, 1.54) is 29.8 Å². The van der Waals surface area contributed by atoms with E-state index >= 15 is 0 Å². The number of benzene rings is 1. The van der Waals surface area contributed by atoms with E-state index < -0.39 is 17.6 Å². The maximum atomic E-state index is 13.4. The van der Waals surface area contributed by atoms with Crippen LogP contribution in [0.4, 0.5) is 18.9 Å². The number of anilines is 1. The maximum absolute atomic E-state index is 13.4. The van der Waals surface area contributed by atoms with Gasteiger partial charge in [0.1, 0.15) is 16.8 Å². The van der Waals surface area contributed by atoms with Gasteiger partial charge in [0.2, 0.25) is 0 Å². The topological polar surface area (TPSA) is 104 Å². The molecular formula is C22H24F3N5O3S. The largest absolute Gasteiger partial charge is 0.417 e. The number of rotatable bonds is 5. The molecule has 1 aromatic carbocycles. The van der Waals surface area contributed by atoms with E-state index in [0.29, 0.717) is 30.8 Å². The lowest BCUT2D eigenvalue weighted by molar-refractivity contribution is -0.137. The summed E-state index contributed by atoms with van der Waals surface area (Å²) in [5.74, 6) is -0.554. The van der Waals surface area contributed by atoms with Crippen molar-refractivity contribution >= 4 is 22.9 Å². The van der Waals surface area contributed by atoms with E-state index in [-0.39, 0.29) is 34.5 Å². The van der Waals surface area contributed by atoms with Gasteiger partial charge in [-0.15, -0.1) is 11.3 Å². The van der Waals surface area contributed by atoms with Gasteiger partial charge in [-0.25, -0.2) is 4.98 Å². The fourth-order valence-electron chi connectivity index (χ4n) is 3.94. The van der Waals surface area contributed by atoms with Crippen LogP contribution in [0.15, 0.2) is 35.8 Å². The van der Waals surface area contributed by atoms with Crippen LogP contribution in [0, 0.1) is 0 Å². The Hall–Kier alpha value is -2.80. The lowest BCUT2D eigenvalue weighted by Crippen LogP contribution is -2.37. The molecule has 0 spiro atoms. The summed E-state index contributed by atoms with van der Waals surface area (Å²) in [5, 5.41) is 8.54. The van der Waals surface area contributed by atoms with Gasteiger partial charge >= 0.3 is 6.18 Å². The first-order chi connectivity index (χ1) is 16.2. The second-order valence-electron chi connectivity index (χ2n) is 7.94. The van der Waals surface area contributed by atoms with Crippen molar-refractivity contribution in [3.63, 3.8) is 0 Å². The highest BCUT2D eigenvalue weighted by atomic mass is 32.1. The number of hydrogen-bond donors (Lipinski definition) is 2. The number of hydrogen-bond acceptors (Lipinski definition) is 7. The van der Waals surface area contributed by atoms with E-state index in [1.54, 1.807) is 18.8 Å². The highest BCUT2D eigenvalue weighted by molar-refractivity contribution is 7.13. The maximum Gasteiger partial charge on any atom is 0.417 e. The number of aryl methyl sites for hydroxylation is 1. The van der Waals surface area contributed by atoms with Crippen LogP contribution < -0.4 is 11.1 Å². The van der Waals surface area contributed by atoms with Crippen molar-refractivity contribution in [3.8, 4) is 10.6 Å². The molecule has 8 nitrogen and oxygen atoms in total. The first-order valence-corrected chi connectivity index (χ1v) is 11.4. The molecule has 0 radical (unpaired) electrons. The number of ether oxygens (including phenoxy) is 2. The second-order valence-corrected chi connectivity index (χ2v) is 8.80. The number of nitrogens with two attached hydrogens (primary N) is 1. The molecule has 1 amide bonds. The number of amides is 1. The Balaban J connectivity index is 1.54. The summed E-state index contributed by atoms with van der Waals surface area (Å²) in [6, 6.07) is 4.97. The van der Waals surface area contributed by atoms with Crippen molar-refractivity contribution in [1.82, 2.24) is 14.8 Å². The lowest BCUT2D eigenvalue weighted by atomic mass is 10.0. The summed E-state index contributed by atoms with van der Waals surface area (Å²) in [7, 11) is 3.32. The fourth-order valence-corrected chi connectivity index (χ4v) is 4.78. The highest BCUT2D eigenvalue weighted by Gasteiger charge is 2.34. The Morgan fingerprint density at radius 3 is 2.82 bits per heavy atom. The minimum atomic E-state index is -4.53. The lowest BCUT2D eigenvalue weighted by Gasteiger charge is -2.19. The number of methoxy groups -OCH3 is 1. The number of carbonyl (C=O) groups is 1. The predicted molar refractivity (Wildman–Crippen MR) is 120 cm³/mol. The third kappa shape index (κ3) is 4.99. The van der Waals surface area contributed by atoms with Crippen LogP contribution in [0.5, 0.6) is 0 Å². The molecule has 34 heavy (non-hydrogen) atoms. The van der Waals surface area contributed by atoms with Crippen LogP contribution in [0.25, 0.3) is 10.6 Å². The van der Waals surface area contributed by atoms with Gasteiger partial charge in [-0.2, -0.15) is 18.3 Å². The Labute approximate surface area is 197 Å². The molecule has 2 aromatic heterocycles. The number of nitrogens with one attached hydrogen (secondary N) is 1. The van der Waals surface area contributed by atoms with Crippen LogP contribution in [0.3, 0.4) is 0 Å².